The maximum absolute atomic E-state index is 12.3. The molecule has 30 heavy (non-hydrogen) atoms. The maximum atomic E-state index is 12.3. The minimum atomic E-state index is -0.481. The molecule has 0 unspecified atom stereocenters. The van der Waals surface area contributed by atoms with Crippen LogP contribution < -0.4 is 20.1 Å². The molecule has 154 valence electrons. The number of aromatic nitrogens is 1. The molecule has 0 spiro atoms. The van der Waals surface area contributed by atoms with Crippen molar-refractivity contribution < 1.29 is 14.3 Å². The Bertz CT molecular complexity index is 1100. The molecule has 2 aromatic rings. The van der Waals surface area contributed by atoms with E-state index in [1.54, 1.807) is 25.4 Å². The first-order valence-electron chi connectivity index (χ1n) is 9.93. The van der Waals surface area contributed by atoms with Crippen LogP contribution in [0, 0.1) is 24.2 Å². The summed E-state index contributed by atoms with van der Waals surface area (Å²) in [5.74, 6) is 1.16. The van der Waals surface area contributed by atoms with Gasteiger partial charge >= 0.3 is 0 Å². The number of amides is 1. The first-order valence-corrected chi connectivity index (χ1v) is 9.93. The van der Waals surface area contributed by atoms with Crippen molar-refractivity contribution in [3.05, 3.63) is 52.4 Å². The average Bonchev–Trinajstić information content (AvgIpc) is 3.57. The lowest BCUT2D eigenvalue weighted by Gasteiger charge is -2.35. The highest BCUT2D eigenvalue weighted by molar-refractivity contribution is 5.97. The van der Waals surface area contributed by atoms with Gasteiger partial charge in [-0.3, -0.25) is 4.79 Å². The molecule has 2 aliphatic rings. The molecule has 1 aliphatic carbocycles. The Morgan fingerprint density at radius 3 is 2.77 bits per heavy atom. The van der Waals surface area contributed by atoms with Gasteiger partial charge in [-0.1, -0.05) is 0 Å². The molecule has 1 aliphatic heterocycles. The van der Waals surface area contributed by atoms with E-state index in [1.165, 1.54) is 12.8 Å². The number of nitrogens with two attached hydrogens (primary N) is 1. The summed E-state index contributed by atoms with van der Waals surface area (Å²) in [5.41, 5.74) is 10.8. The van der Waals surface area contributed by atoms with E-state index < -0.39 is 5.91 Å². The third-order valence-corrected chi connectivity index (χ3v) is 5.64. The molecule has 1 saturated carbocycles. The Balaban J connectivity index is 1.91. The first kappa shape index (κ1) is 19.8. The van der Waals surface area contributed by atoms with Crippen LogP contribution in [0.2, 0.25) is 0 Å². The molecule has 0 bridgehead atoms. The zero-order valence-electron chi connectivity index (χ0n) is 17.4. The van der Waals surface area contributed by atoms with E-state index in [0.717, 1.165) is 28.2 Å². The number of methoxy groups -OCH3 is 1. The minimum Gasteiger partial charge on any atom is -0.495 e. The SMILES string of the molecule is COc1cc(C#N)ccc1N1C(C)=C(C(N)=O)Cc2c(OCC3CC3)ncc(C)c21. The standard InChI is InChI=1S/C23H24N4O3/c1-13-11-26-23(30-12-15-4-5-15)18-9-17(22(25)28)14(2)27(21(13)18)19-7-6-16(10-24)8-20(19)29-3/h6-8,11,15H,4-5,9,12H2,1-3H3,(H2,25,28). The van der Waals surface area contributed by atoms with Crippen LogP contribution in [0.15, 0.2) is 35.7 Å². The van der Waals surface area contributed by atoms with E-state index in [1.807, 2.05) is 24.8 Å². The quantitative estimate of drug-likeness (QED) is 0.790. The number of benzene rings is 1. The zero-order valence-corrected chi connectivity index (χ0v) is 17.4. The van der Waals surface area contributed by atoms with Crippen molar-refractivity contribution in [2.24, 2.45) is 11.7 Å². The normalized spacial score (nSPS) is 15.5. The number of pyridine rings is 1. The van der Waals surface area contributed by atoms with Gasteiger partial charge in [-0.25, -0.2) is 4.98 Å². The summed E-state index contributed by atoms with van der Waals surface area (Å²) in [6, 6.07) is 7.36. The number of nitriles is 1. The van der Waals surface area contributed by atoms with Crippen molar-refractivity contribution in [2.45, 2.75) is 33.1 Å². The number of allylic oxidation sites excluding steroid dienone is 1. The van der Waals surface area contributed by atoms with Crippen LogP contribution in [0.4, 0.5) is 11.4 Å². The van der Waals surface area contributed by atoms with Gasteiger partial charge in [-0.15, -0.1) is 0 Å². The number of rotatable bonds is 6. The van der Waals surface area contributed by atoms with Crippen molar-refractivity contribution in [1.82, 2.24) is 4.98 Å². The lowest BCUT2D eigenvalue weighted by atomic mass is 9.93. The van der Waals surface area contributed by atoms with Crippen molar-refractivity contribution in [1.29, 1.82) is 5.26 Å². The number of nitrogens with zero attached hydrogens (tertiary/aromatic N) is 3. The average molecular weight is 404 g/mol. The topological polar surface area (TPSA) is 101 Å². The van der Waals surface area contributed by atoms with Gasteiger partial charge in [-0.05, 0) is 50.3 Å². The van der Waals surface area contributed by atoms with Crippen LogP contribution in [0.5, 0.6) is 11.6 Å². The van der Waals surface area contributed by atoms with Gasteiger partial charge in [-0.2, -0.15) is 5.26 Å². The molecule has 7 heteroatoms. The number of hydrogen-bond acceptors (Lipinski definition) is 6. The molecule has 7 nitrogen and oxygen atoms in total. The molecule has 0 atom stereocenters. The first-order chi connectivity index (χ1) is 14.4. The van der Waals surface area contributed by atoms with Gasteiger partial charge < -0.3 is 20.1 Å². The van der Waals surface area contributed by atoms with E-state index in [4.69, 9.17) is 15.2 Å². The number of anilines is 2. The fourth-order valence-corrected chi connectivity index (χ4v) is 3.82. The van der Waals surface area contributed by atoms with Gasteiger partial charge in [0.05, 0.1) is 36.7 Å². The van der Waals surface area contributed by atoms with Crippen LogP contribution in [-0.4, -0.2) is 24.6 Å². The Labute approximate surface area is 175 Å². The lowest BCUT2D eigenvalue weighted by Crippen LogP contribution is -2.30. The van der Waals surface area contributed by atoms with Gasteiger partial charge in [0.25, 0.3) is 0 Å². The maximum Gasteiger partial charge on any atom is 0.246 e. The number of carbonyl (C=O) groups excluding carboxylic acids is 1. The largest absolute Gasteiger partial charge is 0.495 e. The van der Waals surface area contributed by atoms with E-state index in [9.17, 15) is 10.1 Å². The molecule has 1 fully saturated rings. The summed E-state index contributed by atoms with van der Waals surface area (Å²) >= 11 is 0. The molecule has 2 N–H and O–H groups in total. The van der Waals surface area contributed by atoms with E-state index in [0.29, 0.717) is 41.7 Å². The third-order valence-electron chi connectivity index (χ3n) is 5.64. The monoisotopic (exact) mass is 404 g/mol. The number of carbonyl (C=O) groups is 1. The second kappa shape index (κ2) is 7.71. The number of fused-ring (bicyclic) bond motifs is 1. The fourth-order valence-electron chi connectivity index (χ4n) is 3.82. The Hall–Kier alpha value is -3.53. The molecular weight excluding hydrogens is 380 g/mol. The summed E-state index contributed by atoms with van der Waals surface area (Å²) in [5, 5.41) is 9.26. The van der Waals surface area contributed by atoms with E-state index >= 15 is 0 Å². The van der Waals surface area contributed by atoms with Crippen molar-refractivity contribution >= 4 is 17.3 Å². The number of ether oxygens (including phenoxy) is 2. The smallest absolute Gasteiger partial charge is 0.246 e. The summed E-state index contributed by atoms with van der Waals surface area (Å²) in [4.78, 5) is 18.7. The molecular formula is C23H24N4O3. The van der Waals surface area contributed by atoms with Gasteiger partial charge in [0.1, 0.15) is 5.75 Å². The predicted molar refractivity (Wildman–Crippen MR) is 113 cm³/mol. The second-order valence-corrected chi connectivity index (χ2v) is 7.77. The van der Waals surface area contributed by atoms with Crippen LogP contribution in [0.25, 0.3) is 0 Å². The van der Waals surface area contributed by atoms with E-state index in [2.05, 4.69) is 11.1 Å². The number of hydrogen-bond donors (Lipinski definition) is 1. The molecule has 1 aromatic carbocycles. The highest BCUT2D eigenvalue weighted by Gasteiger charge is 2.33. The van der Waals surface area contributed by atoms with Gasteiger partial charge in [0.2, 0.25) is 11.8 Å². The van der Waals surface area contributed by atoms with Crippen LogP contribution in [0.3, 0.4) is 0 Å². The van der Waals surface area contributed by atoms with Crippen molar-refractivity contribution in [3.63, 3.8) is 0 Å². The lowest BCUT2D eigenvalue weighted by molar-refractivity contribution is -0.114. The Kier molecular flexibility index (Phi) is 5.08. The highest BCUT2D eigenvalue weighted by Crippen LogP contribution is 2.46. The van der Waals surface area contributed by atoms with E-state index in [-0.39, 0.29) is 0 Å². The summed E-state index contributed by atoms with van der Waals surface area (Å²) in [7, 11) is 1.56. The molecule has 4 rings (SSSR count). The third kappa shape index (κ3) is 3.45. The molecule has 2 heterocycles. The molecule has 0 radical (unpaired) electrons. The van der Waals surface area contributed by atoms with Crippen molar-refractivity contribution in [2.75, 3.05) is 18.6 Å². The molecule has 1 amide bonds. The Morgan fingerprint density at radius 1 is 1.37 bits per heavy atom. The highest BCUT2D eigenvalue weighted by atomic mass is 16.5. The molecule has 0 saturated heterocycles. The summed E-state index contributed by atoms with van der Waals surface area (Å²) < 4.78 is 11.6. The second-order valence-electron chi connectivity index (χ2n) is 7.77. The fraction of sp³-hybridized carbons (Fsp3) is 0.348. The van der Waals surface area contributed by atoms with Crippen molar-refractivity contribution in [3.8, 4) is 17.7 Å². The number of aryl methyl sites for hydroxylation is 1. The Morgan fingerprint density at radius 2 is 2.13 bits per heavy atom. The predicted octanol–water partition coefficient (Wildman–Crippen LogP) is 3.51. The van der Waals surface area contributed by atoms with Gasteiger partial charge in [0, 0.05) is 35.5 Å². The van der Waals surface area contributed by atoms with Crippen LogP contribution in [-0.2, 0) is 11.2 Å². The minimum absolute atomic E-state index is 0.361. The summed E-state index contributed by atoms with van der Waals surface area (Å²) in [6.45, 7) is 4.46. The van der Waals surface area contributed by atoms with Crippen LogP contribution >= 0.6 is 0 Å². The molecule has 1 aromatic heterocycles. The van der Waals surface area contributed by atoms with Gasteiger partial charge in [0.15, 0.2) is 0 Å². The summed E-state index contributed by atoms with van der Waals surface area (Å²) in [6.07, 6.45) is 4.50. The zero-order chi connectivity index (χ0) is 21.4. The number of primary amides is 1. The van der Waals surface area contributed by atoms with Crippen LogP contribution in [0.1, 0.15) is 36.5 Å².